The summed E-state index contributed by atoms with van der Waals surface area (Å²) >= 11 is 0. The molecule has 0 aliphatic rings. The highest BCUT2D eigenvalue weighted by Gasteiger charge is 2.26. The minimum Gasteiger partial charge on any atom is -0.489 e. The van der Waals surface area contributed by atoms with E-state index in [2.05, 4.69) is 24.5 Å². The van der Waals surface area contributed by atoms with E-state index < -0.39 is 11.7 Å². The first kappa shape index (κ1) is 31.0. The van der Waals surface area contributed by atoms with E-state index in [-0.39, 0.29) is 17.6 Å². The van der Waals surface area contributed by atoms with Crippen LogP contribution in [0.1, 0.15) is 72.9 Å². The maximum atomic E-state index is 13.2. The summed E-state index contributed by atoms with van der Waals surface area (Å²) in [6, 6.07) is 17.7. The summed E-state index contributed by atoms with van der Waals surface area (Å²) < 4.78 is 11.4. The van der Waals surface area contributed by atoms with Crippen molar-refractivity contribution < 1.29 is 19.1 Å². The van der Waals surface area contributed by atoms with Crippen LogP contribution in [0.3, 0.4) is 0 Å². The molecule has 0 saturated heterocycles. The molecule has 0 heterocycles. The Morgan fingerprint density at radius 1 is 0.895 bits per heavy atom. The Morgan fingerprint density at radius 2 is 1.53 bits per heavy atom. The van der Waals surface area contributed by atoms with E-state index in [1.165, 1.54) is 0 Å². The molecule has 2 aromatic rings. The van der Waals surface area contributed by atoms with Gasteiger partial charge in [0.05, 0.1) is 6.04 Å². The smallest absolute Gasteiger partial charge is 0.407 e. The summed E-state index contributed by atoms with van der Waals surface area (Å²) in [5.41, 5.74) is 1.26. The van der Waals surface area contributed by atoms with Crippen LogP contribution in [0.25, 0.3) is 0 Å². The molecule has 0 bridgehead atoms. The topological polar surface area (TPSA) is 79.9 Å². The van der Waals surface area contributed by atoms with Crippen molar-refractivity contribution in [1.29, 1.82) is 0 Å². The largest absolute Gasteiger partial charge is 0.489 e. The van der Waals surface area contributed by atoms with Gasteiger partial charge in [-0.2, -0.15) is 0 Å². The van der Waals surface area contributed by atoms with Gasteiger partial charge in [0.25, 0.3) is 0 Å². The van der Waals surface area contributed by atoms with Gasteiger partial charge in [0.15, 0.2) is 0 Å². The monoisotopic (exact) mass is 525 g/mol. The maximum absolute atomic E-state index is 13.2. The van der Waals surface area contributed by atoms with Crippen LogP contribution in [0, 0.1) is 5.92 Å². The molecule has 38 heavy (non-hydrogen) atoms. The van der Waals surface area contributed by atoms with Gasteiger partial charge in [-0.25, -0.2) is 9.59 Å². The molecule has 0 aliphatic carbocycles. The number of alkyl carbamates (subject to hydrolysis) is 1. The maximum Gasteiger partial charge on any atom is 0.407 e. The van der Waals surface area contributed by atoms with Crippen molar-refractivity contribution in [1.82, 2.24) is 15.5 Å². The molecule has 0 fully saturated rings. The Morgan fingerprint density at radius 3 is 2.08 bits per heavy atom. The Labute approximate surface area is 229 Å². The van der Waals surface area contributed by atoms with Gasteiger partial charge in [0.1, 0.15) is 18.0 Å². The number of carbonyl (C=O) groups excluding carboxylic acids is 2. The molecule has 2 aromatic carbocycles. The molecule has 0 spiro atoms. The highest BCUT2D eigenvalue weighted by atomic mass is 16.6. The highest BCUT2D eigenvalue weighted by molar-refractivity contribution is 5.75. The predicted molar refractivity (Wildman–Crippen MR) is 153 cm³/mol. The third-order valence-electron chi connectivity index (χ3n) is 5.53. The van der Waals surface area contributed by atoms with Crippen LogP contribution in [0.15, 0.2) is 54.6 Å². The summed E-state index contributed by atoms with van der Waals surface area (Å²) in [6.45, 7) is 17.0. The number of carbonyl (C=O) groups is 2. The first-order valence-corrected chi connectivity index (χ1v) is 13.5. The van der Waals surface area contributed by atoms with Gasteiger partial charge in [-0.3, -0.25) is 0 Å². The number of nitrogens with zero attached hydrogens (tertiary/aromatic N) is 1. The lowest BCUT2D eigenvalue weighted by atomic mass is 10.0. The quantitative estimate of drug-likeness (QED) is 0.348. The minimum atomic E-state index is -0.591. The van der Waals surface area contributed by atoms with E-state index in [0.717, 1.165) is 23.3 Å². The van der Waals surface area contributed by atoms with E-state index in [1.807, 2.05) is 96.1 Å². The number of rotatable bonds is 11. The van der Waals surface area contributed by atoms with Crippen molar-refractivity contribution in [2.24, 2.45) is 5.92 Å². The highest BCUT2D eigenvalue weighted by Crippen LogP contribution is 2.16. The minimum absolute atomic E-state index is 0.153. The van der Waals surface area contributed by atoms with E-state index in [1.54, 1.807) is 4.90 Å². The van der Waals surface area contributed by atoms with Gasteiger partial charge in [0, 0.05) is 18.6 Å². The third-order valence-corrected chi connectivity index (χ3v) is 5.53. The zero-order valence-electron chi connectivity index (χ0n) is 24.5. The van der Waals surface area contributed by atoms with E-state index in [0.29, 0.717) is 32.0 Å². The Bertz CT molecular complexity index is 993. The Balaban J connectivity index is 2.07. The molecule has 2 N–H and O–H groups in total. The van der Waals surface area contributed by atoms with Crippen molar-refractivity contribution in [3.8, 4) is 5.75 Å². The number of ether oxygens (including phenoxy) is 2. The molecule has 7 heteroatoms. The summed E-state index contributed by atoms with van der Waals surface area (Å²) in [5, 5.41) is 6.06. The van der Waals surface area contributed by atoms with Gasteiger partial charge < -0.3 is 25.0 Å². The fourth-order valence-corrected chi connectivity index (χ4v) is 3.92. The Kier molecular flexibility index (Phi) is 11.5. The third kappa shape index (κ3) is 12.8. The van der Waals surface area contributed by atoms with Crippen molar-refractivity contribution >= 4 is 12.1 Å². The average molecular weight is 526 g/mol. The molecule has 0 saturated carbocycles. The van der Waals surface area contributed by atoms with Crippen LogP contribution >= 0.6 is 0 Å². The molecule has 0 unspecified atom stereocenters. The lowest BCUT2D eigenvalue weighted by Crippen LogP contribution is -2.53. The first-order chi connectivity index (χ1) is 17.7. The van der Waals surface area contributed by atoms with Crippen LogP contribution in [0.5, 0.6) is 5.75 Å². The average Bonchev–Trinajstić information content (AvgIpc) is 2.79. The van der Waals surface area contributed by atoms with Gasteiger partial charge >= 0.3 is 12.1 Å². The number of benzene rings is 2. The molecule has 2 rings (SSSR count). The standard InChI is InChI=1S/C31H47N3O4/c1-23(2)20-26(32-29(36)38-31(6,7)8)21-34(28(35)33-30(3,4)5)19-18-24-14-16-27(17-15-24)37-22-25-12-10-9-11-13-25/h9-17,23,26H,18-22H2,1-8H3,(H,32,36)(H,33,35)/t26-/m0/s1. The fourth-order valence-electron chi connectivity index (χ4n) is 3.92. The van der Waals surface area contributed by atoms with Crippen molar-refractivity contribution in [3.63, 3.8) is 0 Å². The molecule has 3 amide bonds. The van der Waals surface area contributed by atoms with Gasteiger partial charge in [0.2, 0.25) is 0 Å². The molecule has 0 aromatic heterocycles. The zero-order valence-corrected chi connectivity index (χ0v) is 24.5. The SMILES string of the molecule is CC(C)C[C@@H](CN(CCc1ccc(OCc2ccccc2)cc1)C(=O)NC(C)(C)C)NC(=O)OC(C)(C)C. The number of hydrogen-bond acceptors (Lipinski definition) is 4. The second-order valence-corrected chi connectivity index (χ2v) is 12.3. The van der Waals surface area contributed by atoms with Crippen LogP contribution in [0.2, 0.25) is 0 Å². The van der Waals surface area contributed by atoms with Gasteiger partial charge in [-0.1, -0.05) is 56.3 Å². The molecular weight excluding hydrogens is 478 g/mol. The summed E-state index contributed by atoms with van der Waals surface area (Å²) in [6.07, 6.45) is 0.939. The summed E-state index contributed by atoms with van der Waals surface area (Å²) in [5.74, 6) is 1.14. The number of hydrogen-bond donors (Lipinski definition) is 2. The summed E-state index contributed by atoms with van der Waals surface area (Å²) in [4.78, 5) is 27.5. The van der Waals surface area contributed by atoms with E-state index in [9.17, 15) is 9.59 Å². The zero-order chi connectivity index (χ0) is 28.3. The van der Waals surface area contributed by atoms with Crippen molar-refractivity contribution in [2.45, 2.75) is 92.0 Å². The lowest BCUT2D eigenvalue weighted by molar-refractivity contribution is 0.0487. The van der Waals surface area contributed by atoms with Crippen LogP contribution in [0.4, 0.5) is 9.59 Å². The van der Waals surface area contributed by atoms with Crippen molar-refractivity contribution in [3.05, 3.63) is 65.7 Å². The second-order valence-electron chi connectivity index (χ2n) is 12.3. The number of amides is 3. The van der Waals surface area contributed by atoms with Crippen molar-refractivity contribution in [2.75, 3.05) is 13.1 Å². The summed E-state index contributed by atoms with van der Waals surface area (Å²) in [7, 11) is 0. The number of urea groups is 1. The van der Waals surface area contributed by atoms with E-state index >= 15 is 0 Å². The number of nitrogens with one attached hydrogen (secondary N) is 2. The first-order valence-electron chi connectivity index (χ1n) is 13.5. The molecule has 1 atom stereocenters. The Hall–Kier alpha value is -3.22. The second kappa shape index (κ2) is 14.1. The van der Waals surface area contributed by atoms with Gasteiger partial charge in [-0.05, 0) is 83.6 Å². The predicted octanol–water partition coefficient (Wildman–Crippen LogP) is 6.56. The molecule has 210 valence electrons. The lowest BCUT2D eigenvalue weighted by Gasteiger charge is -2.32. The van der Waals surface area contributed by atoms with Crippen LogP contribution in [-0.4, -0.2) is 47.3 Å². The van der Waals surface area contributed by atoms with Crippen LogP contribution in [-0.2, 0) is 17.8 Å². The van der Waals surface area contributed by atoms with Gasteiger partial charge in [-0.15, -0.1) is 0 Å². The molecule has 7 nitrogen and oxygen atoms in total. The fraction of sp³-hybridized carbons (Fsp3) is 0.548. The molecule has 0 radical (unpaired) electrons. The molecular formula is C31H47N3O4. The molecule has 0 aliphatic heterocycles. The normalized spacial score (nSPS) is 12.6. The van der Waals surface area contributed by atoms with Crippen LogP contribution < -0.4 is 15.4 Å². The van der Waals surface area contributed by atoms with E-state index in [4.69, 9.17) is 9.47 Å².